The van der Waals surface area contributed by atoms with Crippen molar-refractivity contribution >= 4 is 17.9 Å². The fourth-order valence-corrected chi connectivity index (χ4v) is 10.6. The topological polar surface area (TPSA) is 78.9 Å². The quantitative estimate of drug-likeness (QED) is 0.0261. The molecule has 0 rings (SSSR count). The Hall–Kier alpha value is -1.85. The molecule has 0 spiro atoms. The van der Waals surface area contributed by atoms with Crippen LogP contribution < -0.4 is 0 Å². The van der Waals surface area contributed by atoms with Crippen LogP contribution in [0.1, 0.15) is 393 Å². The molecule has 0 saturated heterocycles. The lowest BCUT2D eigenvalue weighted by molar-refractivity contribution is -0.167. The van der Waals surface area contributed by atoms with Crippen LogP contribution in [0.3, 0.4) is 0 Å². The van der Waals surface area contributed by atoms with E-state index < -0.39 is 6.10 Å². The lowest BCUT2D eigenvalue weighted by atomic mass is 10.0. The van der Waals surface area contributed by atoms with Gasteiger partial charge in [-0.25, -0.2) is 0 Å². The highest BCUT2D eigenvalue weighted by atomic mass is 16.6. The van der Waals surface area contributed by atoms with Gasteiger partial charge in [-0.2, -0.15) is 0 Å². The molecule has 0 bridgehead atoms. The number of carbonyl (C=O) groups excluding carboxylic acids is 3. The van der Waals surface area contributed by atoms with E-state index in [0.29, 0.717) is 19.3 Å². The van der Waals surface area contributed by atoms with Gasteiger partial charge in [-0.1, -0.05) is 341 Å². The molecule has 0 aliphatic carbocycles. The number of rotatable bonds is 64. The smallest absolute Gasteiger partial charge is 0.306 e. The first-order valence-electron chi connectivity index (χ1n) is 34.2. The van der Waals surface area contributed by atoms with Gasteiger partial charge < -0.3 is 14.2 Å². The summed E-state index contributed by atoms with van der Waals surface area (Å²) in [6, 6.07) is 0. The molecule has 6 heteroatoms. The fraction of sp³-hybridized carbons (Fsp3) is 0.928. The highest BCUT2D eigenvalue weighted by molar-refractivity contribution is 5.71. The summed E-state index contributed by atoms with van der Waals surface area (Å²) in [6.45, 7) is 6.69. The summed E-state index contributed by atoms with van der Waals surface area (Å²) >= 11 is 0. The van der Waals surface area contributed by atoms with E-state index in [4.69, 9.17) is 14.2 Å². The van der Waals surface area contributed by atoms with E-state index in [1.54, 1.807) is 0 Å². The number of esters is 3. The third-order valence-corrected chi connectivity index (χ3v) is 15.8. The molecule has 0 radical (unpaired) electrons. The van der Waals surface area contributed by atoms with E-state index in [-0.39, 0.29) is 31.1 Å². The number of ether oxygens (including phenoxy) is 3. The first-order valence-corrected chi connectivity index (χ1v) is 34.2. The zero-order valence-corrected chi connectivity index (χ0v) is 51.1. The minimum atomic E-state index is -0.768. The van der Waals surface area contributed by atoms with Crippen LogP contribution in [-0.4, -0.2) is 37.2 Å². The SMILES string of the molecule is CCCCC/C=C\CCCCCCCC(=O)OCC(COC(=O)CCCCCCCCCCCCCCCCCCCCCCCCCCCCCCC)OC(=O)CCCCCCCCCCCCCCCCCC. The summed E-state index contributed by atoms with van der Waals surface area (Å²) in [6.07, 6.45) is 76.8. The Balaban J connectivity index is 4.11. The monoisotopic (exact) mass is 1060 g/mol. The molecule has 0 N–H and O–H groups in total. The molecule has 0 aromatic heterocycles. The van der Waals surface area contributed by atoms with Crippen molar-refractivity contribution in [3.63, 3.8) is 0 Å². The van der Waals surface area contributed by atoms with Gasteiger partial charge in [0, 0.05) is 19.3 Å². The molecule has 444 valence electrons. The third-order valence-electron chi connectivity index (χ3n) is 15.8. The number of hydrogen-bond acceptors (Lipinski definition) is 6. The minimum Gasteiger partial charge on any atom is -0.462 e. The van der Waals surface area contributed by atoms with Crippen molar-refractivity contribution in [1.29, 1.82) is 0 Å². The Bertz CT molecular complexity index is 1170. The predicted octanol–water partition coefficient (Wildman–Crippen LogP) is 23.2. The zero-order valence-electron chi connectivity index (χ0n) is 51.1. The molecular weight excluding hydrogens is 925 g/mol. The Morgan fingerprint density at radius 2 is 0.440 bits per heavy atom. The Morgan fingerprint density at radius 3 is 0.693 bits per heavy atom. The van der Waals surface area contributed by atoms with Crippen LogP contribution in [0, 0.1) is 0 Å². The molecule has 0 heterocycles. The van der Waals surface area contributed by atoms with E-state index in [0.717, 1.165) is 64.2 Å². The molecule has 0 aliphatic heterocycles. The van der Waals surface area contributed by atoms with Crippen LogP contribution in [-0.2, 0) is 28.6 Å². The second kappa shape index (κ2) is 64.7. The number of unbranched alkanes of at least 4 members (excludes halogenated alkanes) is 51. The molecule has 0 amide bonds. The molecule has 1 unspecified atom stereocenters. The van der Waals surface area contributed by atoms with Gasteiger partial charge in [0.1, 0.15) is 13.2 Å². The van der Waals surface area contributed by atoms with Crippen LogP contribution in [0.15, 0.2) is 12.2 Å². The van der Waals surface area contributed by atoms with Crippen LogP contribution >= 0.6 is 0 Å². The summed E-state index contributed by atoms with van der Waals surface area (Å²) in [4.78, 5) is 38.3. The Labute approximate surface area is 469 Å². The van der Waals surface area contributed by atoms with Crippen molar-refractivity contribution in [2.24, 2.45) is 0 Å². The van der Waals surface area contributed by atoms with Crippen LogP contribution in [0.4, 0.5) is 0 Å². The Kier molecular flexibility index (Phi) is 63.1. The maximum absolute atomic E-state index is 12.9. The molecule has 0 aromatic rings. The van der Waals surface area contributed by atoms with E-state index in [9.17, 15) is 14.4 Å². The summed E-state index contributed by atoms with van der Waals surface area (Å²) < 4.78 is 16.9. The fourth-order valence-electron chi connectivity index (χ4n) is 10.6. The van der Waals surface area contributed by atoms with Crippen molar-refractivity contribution in [1.82, 2.24) is 0 Å². The second-order valence-corrected chi connectivity index (χ2v) is 23.5. The van der Waals surface area contributed by atoms with Crippen molar-refractivity contribution in [2.75, 3.05) is 13.2 Å². The first-order chi connectivity index (χ1) is 37.0. The minimum absolute atomic E-state index is 0.0660. The Morgan fingerprint density at radius 1 is 0.253 bits per heavy atom. The number of carbonyl (C=O) groups is 3. The van der Waals surface area contributed by atoms with Gasteiger partial charge in [-0.15, -0.1) is 0 Å². The summed E-state index contributed by atoms with van der Waals surface area (Å²) in [5.41, 5.74) is 0. The zero-order chi connectivity index (χ0) is 54.3. The normalized spacial score (nSPS) is 12.0. The van der Waals surface area contributed by atoms with Crippen LogP contribution in [0.5, 0.6) is 0 Å². The van der Waals surface area contributed by atoms with Gasteiger partial charge in [-0.3, -0.25) is 14.4 Å². The van der Waals surface area contributed by atoms with Crippen molar-refractivity contribution in [3.8, 4) is 0 Å². The first kappa shape index (κ1) is 73.2. The molecule has 0 aromatic carbocycles. The molecule has 1 atom stereocenters. The largest absolute Gasteiger partial charge is 0.462 e. The van der Waals surface area contributed by atoms with E-state index in [1.165, 1.54) is 289 Å². The van der Waals surface area contributed by atoms with Gasteiger partial charge in [0.25, 0.3) is 0 Å². The highest BCUT2D eigenvalue weighted by Crippen LogP contribution is 2.19. The molecule has 0 aliphatic rings. The van der Waals surface area contributed by atoms with E-state index >= 15 is 0 Å². The van der Waals surface area contributed by atoms with Gasteiger partial charge in [0.2, 0.25) is 0 Å². The highest BCUT2D eigenvalue weighted by Gasteiger charge is 2.19. The molecule has 6 nitrogen and oxygen atoms in total. The van der Waals surface area contributed by atoms with Gasteiger partial charge in [0.15, 0.2) is 6.10 Å². The lowest BCUT2D eigenvalue weighted by Gasteiger charge is -2.18. The number of allylic oxidation sites excluding steroid dienone is 2. The van der Waals surface area contributed by atoms with E-state index in [1.807, 2.05) is 0 Å². The maximum Gasteiger partial charge on any atom is 0.306 e. The summed E-state index contributed by atoms with van der Waals surface area (Å²) in [5, 5.41) is 0. The average Bonchev–Trinajstić information content (AvgIpc) is 3.41. The molecular formula is C69H132O6. The van der Waals surface area contributed by atoms with Crippen molar-refractivity contribution in [2.45, 2.75) is 399 Å². The predicted molar refractivity (Wildman–Crippen MR) is 326 cm³/mol. The van der Waals surface area contributed by atoms with Gasteiger partial charge >= 0.3 is 17.9 Å². The van der Waals surface area contributed by atoms with Gasteiger partial charge in [-0.05, 0) is 44.9 Å². The summed E-state index contributed by atoms with van der Waals surface area (Å²) in [7, 11) is 0. The van der Waals surface area contributed by atoms with Crippen LogP contribution in [0.25, 0.3) is 0 Å². The molecule has 75 heavy (non-hydrogen) atoms. The summed E-state index contributed by atoms with van der Waals surface area (Å²) in [5.74, 6) is -0.845. The number of hydrogen-bond donors (Lipinski definition) is 0. The average molecular weight is 1060 g/mol. The standard InChI is InChI=1S/C69H132O6/c1-4-7-10-13-16-19-22-25-27-29-30-31-32-33-34-35-36-37-38-39-40-41-43-44-47-50-53-56-59-62-68(71)74-65-66(64-73-67(70)61-58-55-52-49-46-24-21-18-15-12-9-6-3)75-69(72)63-60-57-54-51-48-45-42-28-26-23-20-17-14-11-8-5-2/h18,21,66H,4-17,19-20,22-65H2,1-3H3/b21-18-. The molecule has 0 saturated carbocycles. The van der Waals surface area contributed by atoms with E-state index in [2.05, 4.69) is 32.9 Å². The van der Waals surface area contributed by atoms with Crippen LogP contribution in [0.2, 0.25) is 0 Å². The lowest BCUT2D eigenvalue weighted by Crippen LogP contribution is -2.30. The van der Waals surface area contributed by atoms with Crippen molar-refractivity contribution in [3.05, 3.63) is 12.2 Å². The van der Waals surface area contributed by atoms with Crippen molar-refractivity contribution < 1.29 is 28.6 Å². The van der Waals surface area contributed by atoms with Gasteiger partial charge in [0.05, 0.1) is 0 Å². The second-order valence-electron chi connectivity index (χ2n) is 23.5. The maximum atomic E-state index is 12.9. The molecule has 0 fully saturated rings. The third kappa shape index (κ3) is 62.9.